The van der Waals surface area contributed by atoms with E-state index >= 15 is 0 Å². The van der Waals surface area contributed by atoms with Crippen molar-refractivity contribution in [3.05, 3.63) is 58.2 Å². The average molecular weight is 618 g/mol. The fraction of sp³-hybridized carbons (Fsp3) is 0.429. The minimum absolute atomic E-state index is 0.386. The maximum atomic E-state index is 12.8. The van der Waals surface area contributed by atoms with Gasteiger partial charge in [-0.3, -0.25) is 0 Å². The van der Waals surface area contributed by atoms with Crippen LogP contribution in [0.5, 0.6) is 0 Å². The molecule has 1 spiro atoms. The second kappa shape index (κ2) is 11.2. The highest BCUT2D eigenvalue weighted by Gasteiger charge is 2.37. The molecule has 2 fully saturated rings. The van der Waals surface area contributed by atoms with Crippen LogP contribution in [0.3, 0.4) is 0 Å². The molecule has 2 aliphatic rings. The van der Waals surface area contributed by atoms with Gasteiger partial charge in [-0.2, -0.15) is 4.98 Å². The zero-order valence-corrected chi connectivity index (χ0v) is 25.4. The molecule has 3 aromatic rings. The summed E-state index contributed by atoms with van der Waals surface area (Å²) in [6, 6.07) is 13.8. The Hall–Kier alpha value is -2.12. The summed E-state index contributed by atoms with van der Waals surface area (Å²) in [5, 5.41) is 7.68. The zero-order valence-electron chi connectivity index (χ0n) is 22.2. The van der Waals surface area contributed by atoms with Crippen molar-refractivity contribution in [3.8, 4) is 0 Å². The Morgan fingerprint density at radius 2 is 1.68 bits per heavy atom. The molecule has 2 aromatic carbocycles. The van der Waals surface area contributed by atoms with E-state index in [9.17, 15) is 4.57 Å². The van der Waals surface area contributed by atoms with Crippen LogP contribution >= 0.6 is 34.7 Å². The van der Waals surface area contributed by atoms with Gasteiger partial charge in [0.1, 0.15) is 12.2 Å². The summed E-state index contributed by atoms with van der Waals surface area (Å²) in [4.78, 5) is 13.9. The number of anilines is 5. The van der Waals surface area contributed by atoms with Crippen LogP contribution in [0.4, 0.5) is 28.8 Å². The monoisotopic (exact) mass is 616 g/mol. The molecule has 0 saturated carbocycles. The van der Waals surface area contributed by atoms with E-state index in [0.717, 1.165) is 34.2 Å². The maximum absolute atomic E-state index is 12.8. The van der Waals surface area contributed by atoms with Crippen molar-refractivity contribution >= 4 is 68.8 Å². The summed E-state index contributed by atoms with van der Waals surface area (Å²) < 4.78 is 13.8. The highest BCUT2D eigenvalue weighted by Crippen LogP contribution is 2.43. The summed E-state index contributed by atoms with van der Waals surface area (Å²) >= 11 is 10.2. The van der Waals surface area contributed by atoms with Crippen molar-refractivity contribution in [2.45, 2.75) is 25.7 Å². The van der Waals surface area contributed by atoms with Crippen LogP contribution in [0.15, 0.2) is 53.1 Å². The average Bonchev–Trinajstić information content (AvgIpc) is 2.89. The molecule has 38 heavy (non-hydrogen) atoms. The van der Waals surface area contributed by atoms with E-state index in [1.807, 2.05) is 24.3 Å². The third kappa shape index (κ3) is 6.20. The molecule has 0 bridgehead atoms. The van der Waals surface area contributed by atoms with Crippen LogP contribution in [0.2, 0.25) is 5.02 Å². The predicted molar refractivity (Wildman–Crippen MR) is 164 cm³/mol. The number of halogens is 2. The lowest BCUT2D eigenvalue weighted by Crippen LogP contribution is -2.46. The molecule has 0 aliphatic carbocycles. The Bertz CT molecular complexity index is 1350. The Balaban J connectivity index is 1.27. The number of piperidine rings is 2. The number of rotatable bonds is 6. The van der Waals surface area contributed by atoms with Gasteiger partial charge in [-0.05, 0) is 111 Å². The zero-order chi connectivity index (χ0) is 26.9. The van der Waals surface area contributed by atoms with Crippen molar-refractivity contribution in [2.24, 2.45) is 5.41 Å². The van der Waals surface area contributed by atoms with E-state index in [1.54, 1.807) is 19.5 Å². The van der Waals surface area contributed by atoms with Gasteiger partial charge in [0.2, 0.25) is 5.95 Å². The van der Waals surface area contributed by atoms with Crippen LogP contribution < -0.4 is 20.8 Å². The SMILES string of the molecule is CN1CCC2(CC1)CCN(c1ccc(Nc3ncc(Cl)c(Nc4ccccc4P(C)(C)=O)n3)cc1Br)CC2. The molecule has 2 N–H and O–H groups in total. The Kier molecular flexibility index (Phi) is 8.07. The van der Waals surface area contributed by atoms with Crippen molar-refractivity contribution in [1.29, 1.82) is 0 Å². The molecular weight excluding hydrogens is 583 g/mol. The lowest BCUT2D eigenvalue weighted by Gasteiger charge is -2.47. The van der Waals surface area contributed by atoms with E-state index in [4.69, 9.17) is 11.6 Å². The Morgan fingerprint density at radius 1 is 1.00 bits per heavy atom. The summed E-state index contributed by atoms with van der Waals surface area (Å²) in [6.45, 7) is 8.13. The van der Waals surface area contributed by atoms with Crippen LogP contribution in [0.1, 0.15) is 25.7 Å². The third-order valence-electron chi connectivity index (χ3n) is 7.90. The normalized spacial score (nSPS) is 18.0. The first-order chi connectivity index (χ1) is 18.1. The minimum Gasteiger partial charge on any atom is -0.371 e. The van der Waals surface area contributed by atoms with Gasteiger partial charge in [0.05, 0.1) is 17.6 Å². The largest absolute Gasteiger partial charge is 0.371 e. The summed E-state index contributed by atoms with van der Waals surface area (Å²) in [5.41, 5.74) is 3.35. The molecule has 0 amide bonds. The van der Waals surface area contributed by atoms with E-state index in [2.05, 4.69) is 71.6 Å². The highest BCUT2D eigenvalue weighted by atomic mass is 79.9. The highest BCUT2D eigenvalue weighted by molar-refractivity contribution is 9.10. The van der Waals surface area contributed by atoms with Crippen LogP contribution in [-0.4, -0.2) is 61.4 Å². The molecule has 2 aliphatic heterocycles. The first-order valence-corrected chi connectivity index (χ1v) is 16.8. The molecule has 0 unspecified atom stereocenters. The van der Waals surface area contributed by atoms with Crippen molar-refractivity contribution in [1.82, 2.24) is 14.9 Å². The molecule has 10 heteroatoms. The number of nitrogens with one attached hydrogen (secondary N) is 2. The van der Waals surface area contributed by atoms with Crippen LogP contribution in [-0.2, 0) is 4.57 Å². The van der Waals surface area contributed by atoms with Gasteiger partial charge in [0.15, 0.2) is 5.82 Å². The molecule has 2 saturated heterocycles. The number of hydrogen-bond donors (Lipinski definition) is 2. The summed E-state index contributed by atoms with van der Waals surface area (Å²) in [6.07, 6.45) is 6.73. The van der Waals surface area contributed by atoms with Gasteiger partial charge in [-0.15, -0.1) is 0 Å². The third-order valence-corrected chi connectivity index (χ3v) is 10.4. The molecule has 202 valence electrons. The molecule has 3 heterocycles. The fourth-order valence-corrected chi connectivity index (χ4v) is 7.40. The molecule has 0 atom stereocenters. The summed E-state index contributed by atoms with van der Waals surface area (Å²) in [5.74, 6) is 0.879. The fourth-order valence-electron chi connectivity index (χ4n) is 5.48. The lowest BCUT2D eigenvalue weighted by molar-refractivity contribution is 0.0944. The Labute approximate surface area is 238 Å². The van der Waals surface area contributed by atoms with Gasteiger partial charge >= 0.3 is 0 Å². The second-order valence-electron chi connectivity index (χ2n) is 11.0. The first kappa shape index (κ1) is 27.4. The first-order valence-electron chi connectivity index (χ1n) is 13.1. The van der Waals surface area contributed by atoms with E-state index in [-0.39, 0.29) is 0 Å². The number of likely N-dealkylation sites (tertiary alicyclic amines) is 1. The lowest BCUT2D eigenvalue weighted by atomic mass is 9.71. The maximum Gasteiger partial charge on any atom is 0.229 e. The second-order valence-corrected chi connectivity index (χ2v) is 15.4. The number of nitrogens with zero attached hydrogens (tertiary/aromatic N) is 4. The predicted octanol–water partition coefficient (Wildman–Crippen LogP) is 6.94. The van der Waals surface area contributed by atoms with Crippen LogP contribution in [0, 0.1) is 5.41 Å². The number of hydrogen-bond acceptors (Lipinski definition) is 7. The number of benzene rings is 2. The van der Waals surface area contributed by atoms with Crippen molar-refractivity contribution in [3.63, 3.8) is 0 Å². The van der Waals surface area contributed by atoms with Gasteiger partial charge in [0, 0.05) is 28.6 Å². The minimum atomic E-state index is -2.48. The standard InChI is InChI=1S/C28H35BrClN6OP/c1-35-14-10-28(11-15-35)12-16-36(17-13-28)24-9-8-20(18-21(24)29)32-27-31-19-22(30)26(34-27)33-23-6-4-5-7-25(23)38(2,3)37/h4-9,18-19H,10-17H2,1-3H3,(H2,31,32,33,34). The van der Waals surface area contributed by atoms with E-state index in [0.29, 0.717) is 22.2 Å². The van der Waals surface area contributed by atoms with Crippen molar-refractivity contribution < 1.29 is 4.57 Å². The number of para-hydroxylation sites is 1. The molecule has 7 nitrogen and oxygen atoms in total. The topological polar surface area (TPSA) is 73.4 Å². The van der Waals surface area contributed by atoms with E-state index in [1.165, 1.54) is 44.5 Å². The van der Waals surface area contributed by atoms with Gasteiger partial charge in [0.25, 0.3) is 0 Å². The molecular formula is C28H35BrClN6OP. The van der Waals surface area contributed by atoms with Gasteiger partial charge in [-0.1, -0.05) is 23.7 Å². The molecule has 5 rings (SSSR count). The van der Waals surface area contributed by atoms with Gasteiger partial charge in [-0.25, -0.2) is 4.98 Å². The number of aromatic nitrogens is 2. The van der Waals surface area contributed by atoms with E-state index < -0.39 is 7.14 Å². The quantitative estimate of drug-likeness (QED) is 0.290. The molecule has 1 aromatic heterocycles. The van der Waals surface area contributed by atoms with Crippen molar-refractivity contribution in [2.75, 3.05) is 62.1 Å². The molecule has 0 radical (unpaired) electrons. The Morgan fingerprint density at radius 3 is 2.37 bits per heavy atom. The van der Waals surface area contributed by atoms with Crippen LogP contribution in [0.25, 0.3) is 0 Å². The smallest absolute Gasteiger partial charge is 0.229 e. The summed E-state index contributed by atoms with van der Waals surface area (Å²) in [7, 11) is -0.252. The van der Waals surface area contributed by atoms with Gasteiger partial charge < -0.3 is 25.0 Å².